The van der Waals surface area contributed by atoms with Gasteiger partial charge in [-0.15, -0.1) is 0 Å². The number of fused-ring (bicyclic) bond motifs is 2. The number of ether oxygens (including phenoxy) is 2. The number of nitrogens with one attached hydrogen (secondary N) is 1. The molecule has 0 bridgehead atoms. The van der Waals surface area contributed by atoms with Crippen molar-refractivity contribution >= 4 is 22.8 Å². The minimum atomic E-state index is -0.996. The predicted molar refractivity (Wildman–Crippen MR) is 146 cm³/mol. The third-order valence-electron chi connectivity index (χ3n) is 7.96. The number of benzene rings is 2. The second-order valence-corrected chi connectivity index (χ2v) is 11.6. The van der Waals surface area contributed by atoms with E-state index in [0.29, 0.717) is 59.0 Å². The third kappa shape index (κ3) is 4.45. The zero-order valence-electron chi connectivity index (χ0n) is 21.5. The van der Waals surface area contributed by atoms with E-state index in [0.717, 1.165) is 11.1 Å². The second kappa shape index (κ2) is 9.73. The summed E-state index contributed by atoms with van der Waals surface area (Å²) in [6.45, 7) is 2.79. The number of aliphatic imine (C=N–C) groups is 1. The number of amidine groups is 1. The molecule has 3 aromatic rings. The summed E-state index contributed by atoms with van der Waals surface area (Å²) < 4.78 is 27.5. The van der Waals surface area contributed by atoms with Crippen molar-refractivity contribution < 1.29 is 18.7 Å². The van der Waals surface area contributed by atoms with Crippen LogP contribution in [0, 0.1) is 17.2 Å². The molecular formula is C30H30FN3O3S. The van der Waals surface area contributed by atoms with Gasteiger partial charge in [0, 0.05) is 40.5 Å². The molecule has 1 aromatic heterocycles. The molecule has 2 heterocycles. The van der Waals surface area contributed by atoms with Crippen LogP contribution in [0.15, 0.2) is 65.8 Å². The van der Waals surface area contributed by atoms with Gasteiger partial charge in [-0.25, -0.2) is 14.4 Å². The maximum absolute atomic E-state index is 15.8. The van der Waals surface area contributed by atoms with Crippen LogP contribution in [0.3, 0.4) is 0 Å². The monoisotopic (exact) mass is 531 g/mol. The lowest BCUT2D eigenvalue weighted by molar-refractivity contribution is 0.0975. The number of halogens is 1. The lowest BCUT2D eigenvalue weighted by Gasteiger charge is -2.52. The SMILES string of the molecule is COc1nccc2c1C[C@]1(c3cc(OCC4CC4)ccc3F)N=C(NC(=O)c3ccccc3)SC[C@]1(C)C2. The first-order valence-corrected chi connectivity index (χ1v) is 13.9. The van der Waals surface area contributed by atoms with E-state index in [4.69, 9.17) is 14.5 Å². The third-order valence-corrected chi connectivity index (χ3v) is 9.21. The van der Waals surface area contributed by atoms with Crippen molar-refractivity contribution in [3.63, 3.8) is 0 Å². The van der Waals surface area contributed by atoms with Gasteiger partial charge in [-0.05, 0) is 67.1 Å². The molecule has 3 aliphatic rings. The zero-order chi connectivity index (χ0) is 26.3. The number of nitrogens with zero attached hydrogens (tertiary/aromatic N) is 2. The number of carbonyl (C=O) groups excluding carboxylic acids is 1. The smallest absolute Gasteiger partial charge is 0.257 e. The molecule has 2 aliphatic carbocycles. The molecule has 1 saturated carbocycles. The summed E-state index contributed by atoms with van der Waals surface area (Å²) in [5.74, 6) is 1.80. The van der Waals surface area contributed by atoms with Gasteiger partial charge >= 0.3 is 0 Å². The van der Waals surface area contributed by atoms with Gasteiger partial charge in [-0.3, -0.25) is 4.79 Å². The number of hydrogen-bond acceptors (Lipinski definition) is 6. The van der Waals surface area contributed by atoms with E-state index in [-0.39, 0.29) is 11.7 Å². The Morgan fingerprint density at radius 1 is 1.16 bits per heavy atom. The average Bonchev–Trinajstić information content (AvgIpc) is 3.76. The summed E-state index contributed by atoms with van der Waals surface area (Å²) >= 11 is 1.50. The summed E-state index contributed by atoms with van der Waals surface area (Å²) in [6.07, 6.45) is 5.16. The normalized spacial score (nSPS) is 24.0. The number of pyridine rings is 1. The molecule has 1 N–H and O–H groups in total. The Kier molecular flexibility index (Phi) is 6.38. The summed E-state index contributed by atoms with van der Waals surface area (Å²) in [5.41, 5.74) is 1.62. The minimum absolute atomic E-state index is 0.243. The van der Waals surface area contributed by atoms with Gasteiger partial charge in [0.2, 0.25) is 5.88 Å². The van der Waals surface area contributed by atoms with Crippen molar-refractivity contribution in [1.82, 2.24) is 10.3 Å². The highest BCUT2D eigenvalue weighted by Crippen LogP contribution is 2.57. The van der Waals surface area contributed by atoms with Crippen LogP contribution in [0.1, 0.15) is 46.8 Å². The molecule has 6 rings (SSSR count). The Morgan fingerprint density at radius 3 is 2.74 bits per heavy atom. The van der Waals surface area contributed by atoms with Crippen LogP contribution in [0.5, 0.6) is 11.6 Å². The Labute approximate surface area is 226 Å². The van der Waals surface area contributed by atoms with Crippen molar-refractivity contribution in [3.05, 3.63) is 88.9 Å². The summed E-state index contributed by atoms with van der Waals surface area (Å²) in [5, 5.41) is 3.47. The molecule has 2 aromatic carbocycles. The highest BCUT2D eigenvalue weighted by Gasteiger charge is 2.56. The molecule has 38 heavy (non-hydrogen) atoms. The van der Waals surface area contributed by atoms with E-state index >= 15 is 4.39 Å². The van der Waals surface area contributed by atoms with Crippen LogP contribution in [0.2, 0.25) is 0 Å². The maximum Gasteiger partial charge on any atom is 0.257 e. The Hall–Kier alpha value is -3.39. The van der Waals surface area contributed by atoms with Crippen LogP contribution >= 0.6 is 11.8 Å². The van der Waals surface area contributed by atoms with Crippen LogP contribution in [-0.2, 0) is 18.4 Å². The van der Waals surface area contributed by atoms with Gasteiger partial charge in [-0.2, -0.15) is 0 Å². The van der Waals surface area contributed by atoms with Crippen molar-refractivity contribution in [1.29, 1.82) is 0 Å². The lowest BCUT2D eigenvalue weighted by atomic mass is 9.59. The first-order chi connectivity index (χ1) is 18.4. The fraction of sp³-hybridized carbons (Fsp3) is 0.367. The van der Waals surface area contributed by atoms with E-state index in [1.54, 1.807) is 37.6 Å². The molecular weight excluding hydrogens is 501 g/mol. The minimum Gasteiger partial charge on any atom is -0.493 e. The van der Waals surface area contributed by atoms with Gasteiger partial charge in [0.25, 0.3) is 5.91 Å². The maximum atomic E-state index is 15.8. The second-order valence-electron chi connectivity index (χ2n) is 10.7. The highest BCUT2D eigenvalue weighted by atomic mass is 32.2. The number of rotatable bonds is 6. The Bertz CT molecular complexity index is 1410. The van der Waals surface area contributed by atoms with Crippen LogP contribution < -0.4 is 14.8 Å². The summed E-state index contributed by atoms with van der Waals surface area (Å²) in [6, 6.07) is 16.0. The van der Waals surface area contributed by atoms with Crippen LogP contribution in [-0.4, -0.2) is 35.5 Å². The number of hydrogen-bond donors (Lipinski definition) is 1. The quantitative estimate of drug-likeness (QED) is 0.452. The van der Waals surface area contributed by atoms with E-state index < -0.39 is 11.0 Å². The van der Waals surface area contributed by atoms with E-state index in [9.17, 15) is 4.79 Å². The van der Waals surface area contributed by atoms with Crippen molar-refractivity contribution in [2.24, 2.45) is 16.3 Å². The number of aromatic nitrogens is 1. The molecule has 1 fully saturated rings. The van der Waals surface area contributed by atoms with E-state index in [1.165, 1.54) is 30.7 Å². The molecule has 1 aliphatic heterocycles. The number of amides is 1. The van der Waals surface area contributed by atoms with Gasteiger partial charge < -0.3 is 14.8 Å². The van der Waals surface area contributed by atoms with E-state index in [1.807, 2.05) is 24.3 Å². The molecule has 0 saturated heterocycles. The average molecular weight is 532 g/mol. The fourth-order valence-electron chi connectivity index (χ4n) is 5.57. The molecule has 0 radical (unpaired) electrons. The standard InChI is InChI=1S/C30H30FN3O3S/c1-29-15-21-12-13-32-27(36-2)23(21)16-30(29,24-14-22(10-11-25(24)31)37-17-19-8-9-19)34-28(38-18-29)33-26(35)20-6-4-3-5-7-20/h3-7,10-14,19H,8-9,15-18H2,1-2H3,(H,33,34,35)/t29-,30+/m0/s1. The first kappa shape index (κ1) is 24.9. The number of methoxy groups -OCH3 is 1. The van der Waals surface area contributed by atoms with Gasteiger partial charge in [0.15, 0.2) is 5.17 Å². The lowest BCUT2D eigenvalue weighted by Crippen LogP contribution is -2.54. The van der Waals surface area contributed by atoms with Crippen molar-refractivity contribution in [2.75, 3.05) is 19.5 Å². The summed E-state index contributed by atoms with van der Waals surface area (Å²) in [7, 11) is 1.60. The van der Waals surface area contributed by atoms with Crippen LogP contribution in [0.4, 0.5) is 4.39 Å². The summed E-state index contributed by atoms with van der Waals surface area (Å²) in [4.78, 5) is 22.7. The van der Waals surface area contributed by atoms with Gasteiger partial charge in [0.1, 0.15) is 17.1 Å². The Morgan fingerprint density at radius 2 is 1.97 bits per heavy atom. The topological polar surface area (TPSA) is 72.8 Å². The number of thioether (sulfide) groups is 1. The molecule has 1 amide bonds. The number of carbonyl (C=O) groups is 1. The molecule has 0 spiro atoms. The van der Waals surface area contributed by atoms with Crippen molar-refractivity contribution in [3.8, 4) is 11.6 Å². The molecule has 196 valence electrons. The van der Waals surface area contributed by atoms with Crippen molar-refractivity contribution in [2.45, 2.75) is 38.1 Å². The highest BCUT2D eigenvalue weighted by molar-refractivity contribution is 8.14. The van der Waals surface area contributed by atoms with Gasteiger partial charge in [-0.1, -0.05) is 36.9 Å². The molecule has 8 heteroatoms. The first-order valence-electron chi connectivity index (χ1n) is 12.9. The molecule has 0 unspecified atom stereocenters. The Balaban J connectivity index is 1.47. The van der Waals surface area contributed by atoms with E-state index in [2.05, 4.69) is 17.2 Å². The van der Waals surface area contributed by atoms with Crippen LogP contribution in [0.25, 0.3) is 0 Å². The molecule has 2 atom stereocenters. The zero-order valence-corrected chi connectivity index (χ0v) is 22.3. The fourth-order valence-corrected chi connectivity index (χ4v) is 6.75. The predicted octanol–water partition coefficient (Wildman–Crippen LogP) is 5.55. The van der Waals surface area contributed by atoms with Gasteiger partial charge in [0.05, 0.1) is 13.7 Å². The largest absolute Gasteiger partial charge is 0.493 e. The molecule has 6 nitrogen and oxygen atoms in total.